The lowest BCUT2D eigenvalue weighted by Crippen LogP contribution is -2.33. The Morgan fingerprint density at radius 1 is 1.28 bits per heavy atom. The van der Waals surface area contributed by atoms with Gasteiger partial charge in [0.1, 0.15) is 0 Å². The van der Waals surface area contributed by atoms with Crippen LogP contribution in [0.2, 0.25) is 0 Å². The first-order valence-corrected chi connectivity index (χ1v) is 6.21. The monoisotopic (exact) mass is 249 g/mol. The molecule has 0 spiro atoms. The van der Waals surface area contributed by atoms with Gasteiger partial charge in [0.2, 0.25) is 5.91 Å². The van der Waals surface area contributed by atoms with Gasteiger partial charge in [-0.25, -0.2) is 0 Å². The average molecular weight is 249 g/mol. The highest BCUT2D eigenvalue weighted by Gasteiger charge is 2.04. The third-order valence-corrected chi connectivity index (χ3v) is 2.69. The molecule has 1 amide bonds. The molecule has 0 atom stereocenters. The summed E-state index contributed by atoms with van der Waals surface area (Å²) in [4.78, 5) is 13.8. The number of anilines is 1. The third kappa shape index (κ3) is 5.29. The maximum atomic E-state index is 11.7. The van der Waals surface area contributed by atoms with E-state index < -0.39 is 0 Å². The number of hydrogen-bond donors (Lipinski definition) is 2. The molecule has 0 aliphatic rings. The second-order valence-corrected chi connectivity index (χ2v) is 4.85. The van der Waals surface area contributed by atoms with Crippen LogP contribution in [0.25, 0.3) is 0 Å². The Hall–Kier alpha value is -1.39. The number of likely N-dealkylation sites (N-methyl/N-ethyl adjacent to an activating group) is 1. The largest absolute Gasteiger partial charge is 0.325 e. The van der Waals surface area contributed by atoms with Crippen molar-refractivity contribution in [2.45, 2.75) is 13.8 Å². The highest BCUT2D eigenvalue weighted by molar-refractivity contribution is 5.93. The summed E-state index contributed by atoms with van der Waals surface area (Å²) in [6.45, 7) is 6.10. The fraction of sp³-hybridized carbons (Fsp3) is 0.500. The Bertz CT molecular complexity index is 402. The SMILES string of the molecule is Cc1ccc(C)c(NC(=O)CNCCN(C)C)c1. The molecule has 0 aromatic heterocycles. The molecular weight excluding hydrogens is 226 g/mol. The van der Waals surface area contributed by atoms with Crippen molar-refractivity contribution in [2.24, 2.45) is 0 Å². The van der Waals surface area contributed by atoms with Crippen LogP contribution in [-0.4, -0.2) is 44.5 Å². The first kappa shape index (κ1) is 14.7. The summed E-state index contributed by atoms with van der Waals surface area (Å²) in [7, 11) is 4.02. The van der Waals surface area contributed by atoms with Crippen LogP contribution in [-0.2, 0) is 4.79 Å². The van der Waals surface area contributed by atoms with E-state index in [0.717, 1.165) is 29.9 Å². The zero-order valence-corrected chi connectivity index (χ0v) is 11.7. The zero-order valence-electron chi connectivity index (χ0n) is 11.7. The van der Waals surface area contributed by atoms with Gasteiger partial charge in [-0.05, 0) is 45.1 Å². The summed E-state index contributed by atoms with van der Waals surface area (Å²) < 4.78 is 0. The minimum Gasteiger partial charge on any atom is -0.325 e. The molecule has 0 fully saturated rings. The first-order chi connectivity index (χ1) is 8.49. The van der Waals surface area contributed by atoms with Gasteiger partial charge in [-0.1, -0.05) is 12.1 Å². The topological polar surface area (TPSA) is 44.4 Å². The number of amides is 1. The maximum absolute atomic E-state index is 11.7. The molecule has 1 aromatic rings. The first-order valence-electron chi connectivity index (χ1n) is 6.21. The van der Waals surface area contributed by atoms with Crippen molar-refractivity contribution in [3.8, 4) is 0 Å². The predicted octanol–water partition coefficient (Wildman–Crippen LogP) is 1.39. The van der Waals surface area contributed by atoms with Gasteiger partial charge in [0.15, 0.2) is 0 Å². The summed E-state index contributed by atoms with van der Waals surface area (Å²) in [6, 6.07) is 6.05. The van der Waals surface area contributed by atoms with Gasteiger partial charge in [0, 0.05) is 18.8 Å². The molecule has 0 radical (unpaired) electrons. The lowest BCUT2D eigenvalue weighted by molar-refractivity contribution is -0.115. The molecular formula is C14H23N3O. The number of nitrogens with one attached hydrogen (secondary N) is 2. The Morgan fingerprint density at radius 3 is 2.67 bits per heavy atom. The Balaban J connectivity index is 2.38. The second kappa shape index (κ2) is 7.13. The van der Waals surface area contributed by atoms with Gasteiger partial charge in [0.25, 0.3) is 0 Å². The van der Waals surface area contributed by atoms with E-state index >= 15 is 0 Å². The van der Waals surface area contributed by atoms with Gasteiger partial charge < -0.3 is 15.5 Å². The number of benzene rings is 1. The number of carbonyl (C=O) groups excluding carboxylic acids is 1. The van der Waals surface area contributed by atoms with Crippen LogP contribution in [0, 0.1) is 13.8 Å². The van der Waals surface area contributed by atoms with E-state index in [9.17, 15) is 4.79 Å². The summed E-state index contributed by atoms with van der Waals surface area (Å²) in [5.74, 6) is 0.00227. The van der Waals surface area contributed by atoms with Crippen molar-refractivity contribution in [3.05, 3.63) is 29.3 Å². The highest BCUT2D eigenvalue weighted by atomic mass is 16.1. The molecule has 1 rings (SSSR count). The van der Waals surface area contributed by atoms with Crippen LogP contribution in [0.1, 0.15) is 11.1 Å². The minimum absolute atomic E-state index is 0.00227. The molecule has 4 nitrogen and oxygen atoms in total. The molecule has 0 unspecified atom stereocenters. The summed E-state index contributed by atoms with van der Waals surface area (Å²) >= 11 is 0. The highest BCUT2D eigenvalue weighted by Crippen LogP contribution is 2.15. The normalized spacial score (nSPS) is 10.7. The van der Waals surface area contributed by atoms with Crippen molar-refractivity contribution in [1.29, 1.82) is 0 Å². The number of rotatable bonds is 6. The molecule has 4 heteroatoms. The van der Waals surface area contributed by atoms with Gasteiger partial charge >= 0.3 is 0 Å². The smallest absolute Gasteiger partial charge is 0.238 e. The molecule has 2 N–H and O–H groups in total. The Labute approximate surface area is 109 Å². The molecule has 0 saturated heterocycles. The molecule has 0 aliphatic carbocycles. The molecule has 100 valence electrons. The minimum atomic E-state index is 0.00227. The van der Waals surface area contributed by atoms with E-state index in [1.807, 2.05) is 46.1 Å². The van der Waals surface area contributed by atoms with Gasteiger partial charge in [-0.15, -0.1) is 0 Å². The molecule has 18 heavy (non-hydrogen) atoms. The van der Waals surface area contributed by atoms with Crippen LogP contribution in [0.5, 0.6) is 0 Å². The van der Waals surface area contributed by atoms with E-state index in [1.54, 1.807) is 0 Å². The van der Waals surface area contributed by atoms with Gasteiger partial charge in [-0.2, -0.15) is 0 Å². The van der Waals surface area contributed by atoms with E-state index in [4.69, 9.17) is 0 Å². The van der Waals surface area contributed by atoms with Crippen LogP contribution < -0.4 is 10.6 Å². The fourth-order valence-corrected chi connectivity index (χ4v) is 1.57. The summed E-state index contributed by atoms with van der Waals surface area (Å²) in [6.07, 6.45) is 0. The van der Waals surface area contributed by atoms with Crippen LogP contribution in [0.3, 0.4) is 0 Å². The molecule has 0 saturated carbocycles. The van der Waals surface area contributed by atoms with Crippen LogP contribution in [0.15, 0.2) is 18.2 Å². The maximum Gasteiger partial charge on any atom is 0.238 e. The Morgan fingerprint density at radius 2 is 2.00 bits per heavy atom. The van der Waals surface area contributed by atoms with E-state index in [0.29, 0.717) is 6.54 Å². The zero-order chi connectivity index (χ0) is 13.5. The quantitative estimate of drug-likeness (QED) is 0.749. The van der Waals surface area contributed by atoms with Gasteiger partial charge in [-0.3, -0.25) is 4.79 Å². The van der Waals surface area contributed by atoms with Crippen molar-refractivity contribution in [2.75, 3.05) is 39.0 Å². The van der Waals surface area contributed by atoms with Crippen molar-refractivity contribution < 1.29 is 4.79 Å². The van der Waals surface area contributed by atoms with Crippen LogP contribution in [0.4, 0.5) is 5.69 Å². The van der Waals surface area contributed by atoms with Gasteiger partial charge in [0.05, 0.1) is 6.54 Å². The molecule has 1 aromatic carbocycles. The predicted molar refractivity (Wildman–Crippen MR) is 76.0 cm³/mol. The number of hydrogen-bond acceptors (Lipinski definition) is 3. The molecule has 0 bridgehead atoms. The molecule has 0 aliphatic heterocycles. The fourth-order valence-electron chi connectivity index (χ4n) is 1.57. The number of nitrogens with zero attached hydrogens (tertiary/aromatic N) is 1. The lowest BCUT2D eigenvalue weighted by atomic mass is 10.1. The molecule has 0 heterocycles. The van der Waals surface area contributed by atoms with Crippen LogP contribution >= 0.6 is 0 Å². The second-order valence-electron chi connectivity index (χ2n) is 4.85. The lowest BCUT2D eigenvalue weighted by Gasteiger charge is -2.12. The number of carbonyl (C=O) groups is 1. The van der Waals surface area contributed by atoms with Crippen molar-refractivity contribution in [3.63, 3.8) is 0 Å². The standard InChI is InChI=1S/C14H23N3O/c1-11-5-6-12(2)13(9-11)16-14(18)10-15-7-8-17(3)4/h5-6,9,15H,7-8,10H2,1-4H3,(H,16,18). The third-order valence-electron chi connectivity index (χ3n) is 2.69. The summed E-state index contributed by atoms with van der Waals surface area (Å²) in [5.41, 5.74) is 3.13. The Kier molecular flexibility index (Phi) is 5.82. The van der Waals surface area contributed by atoms with Crippen molar-refractivity contribution in [1.82, 2.24) is 10.2 Å². The summed E-state index contributed by atoms with van der Waals surface area (Å²) in [5, 5.41) is 6.04. The van der Waals surface area contributed by atoms with E-state index in [-0.39, 0.29) is 5.91 Å². The average Bonchev–Trinajstić information content (AvgIpc) is 2.29. The van der Waals surface area contributed by atoms with E-state index in [2.05, 4.69) is 15.5 Å². The van der Waals surface area contributed by atoms with Crippen molar-refractivity contribution >= 4 is 11.6 Å². The number of aryl methyl sites for hydroxylation is 2. The van der Waals surface area contributed by atoms with E-state index in [1.165, 1.54) is 0 Å².